The summed E-state index contributed by atoms with van der Waals surface area (Å²) in [4.78, 5) is 31.4. The van der Waals surface area contributed by atoms with Crippen LogP contribution in [0.1, 0.15) is 33.8 Å². The molecule has 0 N–H and O–H groups in total. The van der Waals surface area contributed by atoms with E-state index in [1.54, 1.807) is 31.3 Å². The van der Waals surface area contributed by atoms with Crippen molar-refractivity contribution >= 4 is 33.4 Å². The molecule has 1 fully saturated rings. The monoisotopic (exact) mass is 433 g/mol. The Labute approximate surface area is 167 Å². The maximum atomic E-state index is 13.2. The van der Waals surface area contributed by atoms with Crippen LogP contribution < -0.4 is 4.90 Å². The van der Waals surface area contributed by atoms with Gasteiger partial charge in [-0.2, -0.15) is 0 Å². The second-order valence-electron chi connectivity index (χ2n) is 7.00. The Morgan fingerprint density at radius 2 is 1.89 bits per heavy atom. The highest BCUT2D eigenvalue weighted by Crippen LogP contribution is 2.25. The Bertz CT molecular complexity index is 833. The van der Waals surface area contributed by atoms with Gasteiger partial charge in [-0.3, -0.25) is 9.59 Å². The van der Waals surface area contributed by atoms with Crippen LogP contribution in [0.5, 0.6) is 0 Å². The van der Waals surface area contributed by atoms with Gasteiger partial charge in [-0.15, -0.1) is 0 Å². The molecule has 1 unspecified atom stereocenters. The molecule has 6 nitrogen and oxygen atoms in total. The number of benzene rings is 1. The number of carbonyl (C=O) groups is 2. The highest BCUT2D eigenvalue weighted by Gasteiger charge is 2.28. The van der Waals surface area contributed by atoms with Crippen molar-refractivity contribution in [1.29, 1.82) is 0 Å². The molecule has 2 aromatic rings. The van der Waals surface area contributed by atoms with Gasteiger partial charge in [0.2, 0.25) is 0 Å². The van der Waals surface area contributed by atoms with Crippen LogP contribution in [0.2, 0.25) is 0 Å². The van der Waals surface area contributed by atoms with Gasteiger partial charge >= 0.3 is 0 Å². The summed E-state index contributed by atoms with van der Waals surface area (Å²) in [7, 11) is 5.74. The van der Waals surface area contributed by atoms with Crippen LogP contribution in [0.25, 0.3) is 0 Å². The maximum Gasteiger partial charge on any atom is 0.293 e. The fourth-order valence-electron chi connectivity index (χ4n) is 3.38. The van der Waals surface area contributed by atoms with E-state index in [1.807, 2.05) is 31.1 Å². The molecule has 0 saturated carbocycles. The van der Waals surface area contributed by atoms with Gasteiger partial charge in [-0.05, 0) is 67.1 Å². The van der Waals surface area contributed by atoms with E-state index in [0.717, 1.165) is 19.4 Å². The summed E-state index contributed by atoms with van der Waals surface area (Å²) in [5, 5.41) is 0. The van der Waals surface area contributed by atoms with Crippen LogP contribution in [0.4, 0.5) is 5.69 Å². The Kier molecular flexibility index (Phi) is 6.01. The molecule has 0 spiro atoms. The lowest BCUT2D eigenvalue weighted by molar-refractivity contribution is 0.0636. The number of hydrogen-bond donors (Lipinski definition) is 0. The molecule has 1 aliphatic heterocycles. The van der Waals surface area contributed by atoms with E-state index in [0.29, 0.717) is 28.5 Å². The van der Waals surface area contributed by atoms with Crippen LogP contribution in [0.3, 0.4) is 0 Å². The Morgan fingerprint density at radius 3 is 2.56 bits per heavy atom. The number of furan rings is 1. The van der Waals surface area contributed by atoms with Crippen LogP contribution in [-0.4, -0.2) is 61.9 Å². The lowest BCUT2D eigenvalue weighted by Crippen LogP contribution is -2.47. The molecule has 0 aliphatic carbocycles. The van der Waals surface area contributed by atoms with Gasteiger partial charge < -0.3 is 19.1 Å². The number of nitrogens with zero attached hydrogens (tertiary/aromatic N) is 3. The third-order valence-corrected chi connectivity index (χ3v) is 5.42. The van der Waals surface area contributed by atoms with Crippen molar-refractivity contribution < 1.29 is 14.0 Å². The second kappa shape index (κ2) is 8.27. The van der Waals surface area contributed by atoms with Crippen molar-refractivity contribution in [2.75, 3.05) is 39.1 Å². The summed E-state index contributed by atoms with van der Waals surface area (Å²) in [5.41, 5.74) is 1.10. The molecule has 2 amide bonds. The molecule has 0 radical (unpaired) electrons. The number of rotatable bonds is 4. The van der Waals surface area contributed by atoms with E-state index in [-0.39, 0.29) is 17.6 Å². The third kappa shape index (κ3) is 4.25. The molecule has 7 heteroatoms. The molecule has 0 bridgehead atoms. The first-order chi connectivity index (χ1) is 12.9. The Hall–Kier alpha value is -2.12. The van der Waals surface area contributed by atoms with Gasteiger partial charge in [-0.1, -0.05) is 12.1 Å². The van der Waals surface area contributed by atoms with Gasteiger partial charge in [-0.25, -0.2) is 0 Å². The average Bonchev–Trinajstić information content (AvgIpc) is 3.12. The van der Waals surface area contributed by atoms with Crippen LogP contribution in [0.15, 0.2) is 45.5 Å². The minimum absolute atomic E-state index is 0.0441. The normalized spacial score (nSPS) is 17.2. The highest BCUT2D eigenvalue weighted by atomic mass is 79.9. The predicted molar refractivity (Wildman–Crippen MR) is 108 cm³/mol. The molecular weight excluding hydrogens is 410 g/mol. The smallest absolute Gasteiger partial charge is 0.293 e. The SMILES string of the molecule is CN(C(=O)c1ccc(Br)o1)c1ccccc1C(=O)N1CCCC(N(C)C)C1. The summed E-state index contributed by atoms with van der Waals surface area (Å²) in [5.74, 6) is -0.125. The summed E-state index contributed by atoms with van der Waals surface area (Å²) in [6.07, 6.45) is 2.07. The largest absolute Gasteiger partial charge is 0.444 e. The van der Waals surface area contributed by atoms with Crippen molar-refractivity contribution in [2.45, 2.75) is 18.9 Å². The molecule has 144 valence electrons. The first-order valence-electron chi connectivity index (χ1n) is 8.96. The molecule has 27 heavy (non-hydrogen) atoms. The topological polar surface area (TPSA) is 57.0 Å². The minimum atomic E-state index is -0.300. The van der Waals surface area contributed by atoms with E-state index in [2.05, 4.69) is 20.8 Å². The summed E-state index contributed by atoms with van der Waals surface area (Å²) >= 11 is 3.21. The predicted octanol–water partition coefficient (Wildman–Crippen LogP) is 3.48. The van der Waals surface area contributed by atoms with Gasteiger partial charge in [0.05, 0.1) is 11.3 Å². The summed E-state index contributed by atoms with van der Waals surface area (Å²) < 4.78 is 5.86. The molecule has 3 rings (SSSR count). The fourth-order valence-corrected chi connectivity index (χ4v) is 3.69. The second-order valence-corrected chi connectivity index (χ2v) is 7.78. The van der Waals surface area contributed by atoms with Gasteiger partial charge in [0.15, 0.2) is 10.4 Å². The summed E-state index contributed by atoms with van der Waals surface area (Å²) in [6.45, 7) is 1.43. The van der Waals surface area contributed by atoms with E-state index < -0.39 is 0 Å². The number of hydrogen-bond acceptors (Lipinski definition) is 4. The van der Waals surface area contributed by atoms with E-state index in [1.165, 1.54) is 4.90 Å². The number of likely N-dealkylation sites (tertiary alicyclic amines) is 1. The summed E-state index contributed by atoms with van der Waals surface area (Å²) in [6, 6.07) is 10.9. The number of likely N-dealkylation sites (N-methyl/N-ethyl adjacent to an activating group) is 1. The number of halogens is 1. The lowest BCUT2D eigenvalue weighted by atomic mass is 10.0. The lowest BCUT2D eigenvalue weighted by Gasteiger charge is -2.36. The zero-order valence-corrected chi connectivity index (χ0v) is 17.4. The van der Waals surface area contributed by atoms with Gasteiger partial charge in [0.1, 0.15) is 0 Å². The van der Waals surface area contributed by atoms with Crippen molar-refractivity contribution in [2.24, 2.45) is 0 Å². The third-order valence-electron chi connectivity index (χ3n) is 5.00. The van der Waals surface area contributed by atoms with Crippen LogP contribution in [-0.2, 0) is 0 Å². The van der Waals surface area contributed by atoms with Gasteiger partial charge in [0.25, 0.3) is 11.8 Å². The zero-order valence-electron chi connectivity index (χ0n) is 15.8. The first kappa shape index (κ1) is 19.6. The van der Waals surface area contributed by atoms with Crippen LogP contribution in [0, 0.1) is 0 Å². The minimum Gasteiger partial charge on any atom is -0.444 e. The molecule has 1 aliphatic rings. The van der Waals surface area contributed by atoms with Crippen molar-refractivity contribution in [3.8, 4) is 0 Å². The Balaban J connectivity index is 1.85. The van der Waals surface area contributed by atoms with E-state index in [9.17, 15) is 9.59 Å². The van der Waals surface area contributed by atoms with Crippen molar-refractivity contribution in [1.82, 2.24) is 9.80 Å². The zero-order chi connectivity index (χ0) is 19.6. The number of anilines is 1. The van der Waals surface area contributed by atoms with Crippen LogP contribution >= 0.6 is 15.9 Å². The molecule has 1 saturated heterocycles. The molecule has 2 heterocycles. The van der Waals surface area contributed by atoms with Crippen molar-refractivity contribution in [3.05, 3.63) is 52.4 Å². The highest BCUT2D eigenvalue weighted by molar-refractivity contribution is 9.10. The molecule has 1 atom stereocenters. The standard InChI is InChI=1S/C20H24BrN3O3/c1-22(2)14-7-6-12-24(13-14)19(25)15-8-4-5-9-16(15)23(3)20(26)17-10-11-18(21)27-17/h4-5,8-11,14H,6-7,12-13H2,1-3H3. The number of para-hydroxylation sites is 1. The fraction of sp³-hybridized carbons (Fsp3) is 0.400. The molecular formula is C20H24BrN3O3. The van der Waals surface area contributed by atoms with Crippen molar-refractivity contribution in [3.63, 3.8) is 0 Å². The molecule has 1 aromatic carbocycles. The maximum absolute atomic E-state index is 13.2. The number of piperidine rings is 1. The van der Waals surface area contributed by atoms with E-state index in [4.69, 9.17) is 4.42 Å². The average molecular weight is 434 g/mol. The first-order valence-corrected chi connectivity index (χ1v) is 9.76. The van der Waals surface area contributed by atoms with Gasteiger partial charge in [0, 0.05) is 26.2 Å². The quantitative estimate of drug-likeness (QED) is 0.740. The van der Waals surface area contributed by atoms with E-state index >= 15 is 0 Å². The molecule has 1 aromatic heterocycles. The Morgan fingerprint density at radius 1 is 1.15 bits per heavy atom. The number of carbonyl (C=O) groups excluding carboxylic acids is 2. The number of amides is 2.